The number of aromatic amines is 1. The van der Waals surface area contributed by atoms with Crippen molar-refractivity contribution in [1.82, 2.24) is 9.97 Å². The number of H-pyrrole nitrogens is 1. The Morgan fingerprint density at radius 2 is 1.47 bits per heavy atom. The number of aliphatic carboxylic acids is 1. The van der Waals surface area contributed by atoms with E-state index in [4.69, 9.17) is 28.3 Å². The number of rotatable bonds is 6. The van der Waals surface area contributed by atoms with Crippen LogP contribution in [0.2, 0.25) is 10.0 Å². The average molecular weight is 461 g/mol. The summed E-state index contributed by atoms with van der Waals surface area (Å²) in [6.07, 6.45) is 8.40. The lowest BCUT2D eigenvalue weighted by atomic mass is 10.0. The predicted molar refractivity (Wildman–Crippen MR) is 132 cm³/mol. The molecule has 32 heavy (non-hydrogen) atoms. The first-order chi connectivity index (χ1) is 15.5. The molecule has 1 aromatic heterocycles. The predicted octanol–water partition coefficient (Wildman–Crippen LogP) is 7.32. The Hall–Kier alpha value is -3.60. The van der Waals surface area contributed by atoms with E-state index in [9.17, 15) is 4.79 Å². The van der Waals surface area contributed by atoms with E-state index in [1.807, 2.05) is 72.9 Å². The second-order valence-electron chi connectivity index (χ2n) is 7.04. The number of nitrogens with one attached hydrogen (secondary N) is 1. The van der Waals surface area contributed by atoms with Crippen LogP contribution in [-0.4, -0.2) is 21.0 Å². The molecular weight excluding hydrogens is 443 g/mol. The highest BCUT2D eigenvalue weighted by Gasteiger charge is 2.07. The molecule has 2 N–H and O–H groups in total. The van der Waals surface area contributed by atoms with Gasteiger partial charge < -0.3 is 10.1 Å². The van der Waals surface area contributed by atoms with Crippen molar-refractivity contribution in [2.24, 2.45) is 0 Å². The fourth-order valence-electron chi connectivity index (χ4n) is 3.17. The molecule has 1 heterocycles. The summed E-state index contributed by atoms with van der Waals surface area (Å²) in [6, 6.07) is 21.2. The molecule has 0 saturated heterocycles. The first kappa shape index (κ1) is 21.6. The van der Waals surface area contributed by atoms with E-state index in [1.54, 1.807) is 18.2 Å². The van der Waals surface area contributed by atoms with E-state index < -0.39 is 5.97 Å². The largest absolute Gasteiger partial charge is 0.478 e. The molecule has 6 heteroatoms. The van der Waals surface area contributed by atoms with Crippen molar-refractivity contribution in [2.75, 3.05) is 0 Å². The van der Waals surface area contributed by atoms with Gasteiger partial charge in [0.25, 0.3) is 0 Å². The van der Waals surface area contributed by atoms with Crippen LogP contribution in [0.15, 0.2) is 79.0 Å². The summed E-state index contributed by atoms with van der Waals surface area (Å²) in [5, 5.41) is 9.86. The standard InChI is InChI=1S/C26H18Cl2N2O2/c27-21-11-12-22(23(28)15-21)24-16-29-25(30-24)13-5-17-1-7-19(8-2-17)20-9-3-18(4-10-20)6-14-26(31)32/h1-16H,(H,29,30)(H,31,32)/b13-5+,14-6+. The van der Waals surface area contributed by atoms with Gasteiger partial charge in [0.05, 0.1) is 10.7 Å². The summed E-state index contributed by atoms with van der Waals surface area (Å²) in [5.74, 6) is -0.239. The van der Waals surface area contributed by atoms with Gasteiger partial charge in [-0.05, 0) is 52.6 Å². The molecule has 0 amide bonds. The number of carbonyl (C=O) groups is 1. The molecule has 0 radical (unpaired) electrons. The van der Waals surface area contributed by atoms with Crippen LogP contribution in [-0.2, 0) is 4.79 Å². The van der Waals surface area contributed by atoms with Gasteiger partial charge >= 0.3 is 5.97 Å². The van der Waals surface area contributed by atoms with Crippen LogP contribution < -0.4 is 0 Å². The molecule has 4 aromatic rings. The smallest absolute Gasteiger partial charge is 0.328 e. The van der Waals surface area contributed by atoms with Gasteiger partial charge in [-0.15, -0.1) is 0 Å². The lowest BCUT2D eigenvalue weighted by molar-refractivity contribution is -0.131. The minimum absolute atomic E-state index is 0.557. The maximum absolute atomic E-state index is 10.6. The van der Waals surface area contributed by atoms with Gasteiger partial charge in [-0.3, -0.25) is 0 Å². The molecule has 158 valence electrons. The van der Waals surface area contributed by atoms with Crippen LogP contribution >= 0.6 is 23.2 Å². The van der Waals surface area contributed by atoms with Crippen molar-refractivity contribution >= 4 is 47.4 Å². The maximum atomic E-state index is 10.6. The zero-order valence-electron chi connectivity index (χ0n) is 16.8. The van der Waals surface area contributed by atoms with E-state index in [0.717, 1.165) is 45.4 Å². The van der Waals surface area contributed by atoms with Crippen molar-refractivity contribution in [2.45, 2.75) is 0 Å². The number of carboxylic acid groups (broad SMARTS) is 1. The topological polar surface area (TPSA) is 66.0 Å². The Bertz CT molecular complexity index is 1300. The van der Waals surface area contributed by atoms with Gasteiger partial charge in [0.1, 0.15) is 5.82 Å². The first-order valence-electron chi connectivity index (χ1n) is 9.78. The minimum Gasteiger partial charge on any atom is -0.478 e. The monoisotopic (exact) mass is 460 g/mol. The molecule has 0 spiro atoms. The molecular formula is C26H18Cl2N2O2. The SMILES string of the molecule is O=C(O)/C=C/c1ccc(-c2ccc(/C=C/c3nc(-c4ccc(Cl)cc4Cl)c[nH]3)cc2)cc1. The third-order valence-corrected chi connectivity index (χ3v) is 5.36. The zero-order valence-corrected chi connectivity index (χ0v) is 18.3. The third-order valence-electron chi connectivity index (χ3n) is 4.81. The highest BCUT2D eigenvalue weighted by Crippen LogP contribution is 2.29. The molecule has 4 rings (SSSR count). The van der Waals surface area contributed by atoms with Crippen LogP contribution in [0.5, 0.6) is 0 Å². The van der Waals surface area contributed by atoms with Crippen molar-refractivity contribution in [3.05, 3.63) is 106 Å². The van der Waals surface area contributed by atoms with E-state index in [-0.39, 0.29) is 0 Å². The summed E-state index contributed by atoms with van der Waals surface area (Å²) in [4.78, 5) is 18.3. The minimum atomic E-state index is -0.961. The second-order valence-corrected chi connectivity index (χ2v) is 7.89. The fourth-order valence-corrected chi connectivity index (χ4v) is 3.68. The Labute approximate surface area is 195 Å². The normalized spacial score (nSPS) is 11.4. The summed E-state index contributed by atoms with van der Waals surface area (Å²) < 4.78 is 0. The van der Waals surface area contributed by atoms with Crippen LogP contribution in [0.3, 0.4) is 0 Å². The Kier molecular flexibility index (Phi) is 6.55. The number of hydrogen-bond acceptors (Lipinski definition) is 2. The van der Waals surface area contributed by atoms with Crippen molar-refractivity contribution < 1.29 is 9.90 Å². The van der Waals surface area contributed by atoms with Crippen molar-refractivity contribution in [3.63, 3.8) is 0 Å². The van der Waals surface area contributed by atoms with Gasteiger partial charge in [0.15, 0.2) is 0 Å². The Balaban J connectivity index is 1.45. The van der Waals surface area contributed by atoms with E-state index in [2.05, 4.69) is 9.97 Å². The van der Waals surface area contributed by atoms with Crippen LogP contribution in [0.4, 0.5) is 0 Å². The number of benzene rings is 3. The molecule has 0 fully saturated rings. The van der Waals surface area contributed by atoms with Crippen LogP contribution in [0.1, 0.15) is 17.0 Å². The molecule has 0 aliphatic heterocycles. The molecule has 0 unspecified atom stereocenters. The highest BCUT2D eigenvalue weighted by atomic mass is 35.5. The Morgan fingerprint density at radius 1 is 0.844 bits per heavy atom. The molecule has 3 aromatic carbocycles. The zero-order chi connectivity index (χ0) is 22.5. The number of hydrogen-bond donors (Lipinski definition) is 2. The average Bonchev–Trinajstić information content (AvgIpc) is 3.26. The summed E-state index contributed by atoms with van der Waals surface area (Å²) in [7, 11) is 0. The van der Waals surface area contributed by atoms with Crippen molar-refractivity contribution in [1.29, 1.82) is 0 Å². The number of carboxylic acids is 1. The number of halogens is 2. The number of nitrogens with zero attached hydrogens (tertiary/aromatic N) is 1. The molecule has 0 aliphatic rings. The van der Waals surface area contributed by atoms with Gasteiger partial charge in [-0.2, -0.15) is 0 Å². The molecule has 0 aliphatic carbocycles. The number of imidazole rings is 1. The fraction of sp³-hybridized carbons (Fsp3) is 0. The van der Waals surface area contributed by atoms with Crippen LogP contribution in [0, 0.1) is 0 Å². The van der Waals surface area contributed by atoms with E-state index in [0.29, 0.717) is 10.0 Å². The maximum Gasteiger partial charge on any atom is 0.328 e. The first-order valence-corrected chi connectivity index (χ1v) is 10.5. The summed E-state index contributed by atoms with van der Waals surface area (Å²) >= 11 is 12.2. The van der Waals surface area contributed by atoms with Gasteiger partial charge in [-0.1, -0.05) is 77.8 Å². The van der Waals surface area contributed by atoms with Gasteiger partial charge in [0, 0.05) is 22.9 Å². The highest BCUT2D eigenvalue weighted by molar-refractivity contribution is 6.36. The third kappa shape index (κ3) is 5.35. The van der Waals surface area contributed by atoms with E-state index >= 15 is 0 Å². The molecule has 0 saturated carbocycles. The molecule has 0 bridgehead atoms. The van der Waals surface area contributed by atoms with Crippen LogP contribution in [0.25, 0.3) is 40.6 Å². The van der Waals surface area contributed by atoms with Crippen molar-refractivity contribution in [3.8, 4) is 22.4 Å². The molecule has 4 nitrogen and oxygen atoms in total. The summed E-state index contributed by atoms with van der Waals surface area (Å²) in [5.41, 5.74) is 5.59. The lowest BCUT2D eigenvalue weighted by Crippen LogP contribution is -1.85. The summed E-state index contributed by atoms with van der Waals surface area (Å²) in [6.45, 7) is 0. The van der Waals surface area contributed by atoms with E-state index in [1.165, 1.54) is 0 Å². The number of aromatic nitrogens is 2. The molecule has 0 atom stereocenters. The lowest BCUT2D eigenvalue weighted by Gasteiger charge is -2.03. The van der Waals surface area contributed by atoms with Gasteiger partial charge in [-0.25, -0.2) is 9.78 Å². The van der Waals surface area contributed by atoms with Gasteiger partial charge in [0.2, 0.25) is 0 Å². The Morgan fingerprint density at radius 3 is 2.06 bits per heavy atom. The quantitative estimate of drug-likeness (QED) is 0.296. The second kappa shape index (κ2) is 9.69.